The third-order valence-electron chi connectivity index (χ3n) is 6.86. The van der Waals surface area contributed by atoms with E-state index in [1.807, 2.05) is 51.1 Å². The predicted octanol–water partition coefficient (Wildman–Crippen LogP) is 5.45. The maximum absolute atomic E-state index is 14.0. The maximum atomic E-state index is 14.0. The summed E-state index contributed by atoms with van der Waals surface area (Å²) in [5, 5.41) is 0.347. The van der Waals surface area contributed by atoms with Crippen molar-refractivity contribution in [2.75, 3.05) is 26.9 Å². The number of benzene rings is 3. The first kappa shape index (κ1) is 31.9. The van der Waals surface area contributed by atoms with Crippen LogP contribution < -0.4 is 33.8 Å². The van der Waals surface area contributed by atoms with Crippen LogP contribution >= 0.6 is 22.9 Å². The van der Waals surface area contributed by atoms with Crippen LogP contribution in [0.25, 0.3) is 6.08 Å². The Morgan fingerprint density at radius 2 is 1.64 bits per heavy atom. The average molecular weight is 649 g/mol. The van der Waals surface area contributed by atoms with Crippen LogP contribution in [-0.2, 0) is 16.1 Å². The van der Waals surface area contributed by atoms with E-state index in [2.05, 4.69) is 4.99 Å². The van der Waals surface area contributed by atoms with Gasteiger partial charge in [-0.25, -0.2) is 9.79 Å². The van der Waals surface area contributed by atoms with Crippen LogP contribution in [0.15, 0.2) is 82.2 Å². The Morgan fingerprint density at radius 1 is 0.933 bits per heavy atom. The smallest absolute Gasteiger partial charge is 0.337 e. The second-order valence-corrected chi connectivity index (χ2v) is 11.2. The molecule has 0 bridgehead atoms. The number of nitrogens with zero attached hydrogens (tertiary/aromatic N) is 2. The number of rotatable bonds is 12. The molecule has 0 saturated heterocycles. The lowest BCUT2D eigenvalue weighted by atomic mass is 9.97. The second-order valence-electron chi connectivity index (χ2n) is 9.79. The molecule has 0 aliphatic carbocycles. The lowest BCUT2D eigenvalue weighted by Gasteiger charge is -2.23. The van der Waals surface area contributed by atoms with Gasteiger partial charge in [0, 0.05) is 6.20 Å². The molecule has 1 aliphatic heterocycles. The van der Waals surface area contributed by atoms with Crippen LogP contribution in [0.3, 0.4) is 0 Å². The molecule has 4 aromatic rings. The third-order valence-corrected chi connectivity index (χ3v) is 8.14. The van der Waals surface area contributed by atoms with Crippen LogP contribution in [0, 0.1) is 0 Å². The summed E-state index contributed by atoms with van der Waals surface area (Å²) >= 11 is 7.89. The summed E-state index contributed by atoms with van der Waals surface area (Å²) in [5.41, 5.74) is 2.16. The van der Waals surface area contributed by atoms with Crippen molar-refractivity contribution in [3.05, 3.63) is 114 Å². The molecule has 3 aromatic carbocycles. The quantitative estimate of drug-likeness (QED) is 0.189. The fourth-order valence-corrected chi connectivity index (χ4v) is 6.19. The molecule has 9 nitrogen and oxygen atoms in total. The van der Waals surface area contributed by atoms with Crippen molar-refractivity contribution in [1.29, 1.82) is 0 Å². The number of hydrogen-bond donors (Lipinski definition) is 0. The minimum absolute atomic E-state index is 0.213. The molecule has 11 heteroatoms. The maximum Gasteiger partial charge on any atom is 0.337 e. The first-order valence-corrected chi connectivity index (χ1v) is 15.7. The molecule has 1 atom stereocenters. The fourth-order valence-electron chi connectivity index (χ4n) is 4.94. The molecule has 234 valence electrons. The van der Waals surface area contributed by atoms with Gasteiger partial charge in [-0.15, -0.1) is 0 Å². The number of carbonyl (C=O) groups excluding carboxylic acids is 1. The van der Waals surface area contributed by atoms with Crippen molar-refractivity contribution in [3.63, 3.8) is 0 Å². The lowest BCUT2D eigenvalue weighted by molar-refractivity contribution is -0.136. The van der Waals surface area contributed by atoms with Crippen LogP contribution in [0.5, 0.6) is 23.0 Å². The monoisotopic (exact) mass is 648 g/mol. The largest absolute Gasteiger partial charge is 0.490 e. The number of halogens is 1. The highest BCUT2D eigenvalue weighted by molar-refractivity contribution is 7.07. The standard InChI is InChI=1S/C34H33ClN2O7S/c1-5-41-26-14-13-23(18-27(26)42-6-2)30-24(33(39)40-4)19-36-34-37(30)32(38)29(45-34)17-22-15-25(35)31(28(16-22)43-7-3)44-20-21-11-9-8-10-12-21/h8-19,30H,5-7,20H2,1-4H3/b29-17-/t30-/m0/s1. The van der Waals surface area contributed by atoms with E-state index in [-0.39, 0.29) is 11.1 Å². The number of fused-ring (bicyclic) bond motifs is 1. The molecular formula is C34H33ClN2O7S. The highest BCUT2D eigenvalue weighted by atomic mass is 35.5. The zero-order valence-electron chi connectivity index (χ0n) is 25.4. The van der Waals surface area contributed by atoms with Gasteiger partial charge in [-0.1, -0.05) is 59.3 Å². The topological polar surface area (TPSA) is 97.6 Å². The number of thiazole rings is 1. The Balaban J connectivity index is 1.58. The van der Waals surface area contributed by atoms with Gasteiger partial charge < -0.3 is 23.7 Å². The van der Waals surface area contributed by atoms with Gasteiger partial charge >= 0.3 is 5.97 Å². The first-order valence-electron chi connectivity index (χ1n) is 14.5. The second kappa shape index (κ2) is 14.5. The molecule has 2 heterocycles. The number of esters is 1. The summed E-state index contributed by atoms with van der Waals surface area (Å²) in [7, 11) is 1.29. The Labute approximate surface area is 269 Å². The molecular weight excluding hydrogens is 616 g/mol. The fraction of sp³-hybridized carbons (Fsp3) is 0.265. The SMILES string of the molecule is CCOc1ccc([C@H]2C(C(=O)OC)=CN=c3s/c(=C\c4cc(Cl)c(OCc5ccccc5)c(OCC)c4)c(=O)n32)cc1OCC. The van der Waals surface area contributed by atoms with Gasteiger partial charge in [0.25, 0.3) is 5.56 Å². The highest BCUT2D eigenvalue weighted by Crippen LogP contribution is 2.38. The molecule has 0 N–H and O–H groups in total. The van der Waals surface area contributed by atoms with Gasteiger partial charge in [0.15, 0.2) is 27.8 Å². The predicted molar refractivity (Wildman–Crippen MR) is 173 cm³/mol. The molecule has 0 saturated carbocycles. The molecule has 0 unspecified atom stereocenters. The van der Waals surface area contributed by atoms with Crippen molar-refractivity contribution in [1.82, 2.24) is 4.57 Å². The minimum Gasteiger partial charge on any atom is -0.490 e. The summed E-state index contributed by atoms with van der Waals surface area (Å²) in [5.74, 6) is 1.36. The van der Waals surface area contributed by atoms with E-state index in [4.69, 9.17) is 35.3 Å². The molecule has 0 fully saturated rings. The van der Waals surface area contributed by atoms with Gasteiger partial charge in [-0.3, -0.25) is 9.36 Å². The first-order chi connectivity index (χ1) is 21.9. The Kier molecular flexibility index (Phi) is 10.3. The van der Waals surface area contributed by atoms with E-state index < -0.39 is 12.0 Å². The van der Waals surface area contributed by atoms with Gasteiger partial charge in [0.05, 0.1) is 48.1 Å². The molecule has 1 aliphatic rings. The van der Waals surface area contributed by atoms with E-state index >= 15 is 0 Å². The summed E-state index contributed by atoms with van der Waals surface area (Å²) in [6.45, 7) is 7.21. The van der Waals surface area contributed by atoms with E-state index in [0.717, 1.165) is 5.56 Å². The molecule has 0 amide bonds. The molecule has 5 rings (SSSR count). The van der Waals surface area contributed by atoms with Crippen LogP contribution in [0.2, 0.25) is 5.02 Å². The number of carbonyl (C=O) groups is 1. The van der Waals surface area contributed by atoms with E-state index in [1.54, 1.807) is 36.4 Å². The van der Waals surface area contributed by atoms with Crippen molar-refractivity contribution in [2.24, 2.45) is 4.99 Å². The zero-order valence-corrected chi connectivity index (χ0v) is 26.9. The summed E-state index contributed by atoms with van der Waals surface area (Å²) < 4.78 is 30.4. The molecule has 45 heavy (non-hydrogen) atoms. The van der Waals surface area contributed by atoms with Crippen molar-refractivity contribution >= 4 is 35.0 Å². The van der Waals surface area contributed by atoms with Crippen LogP contribution in [0.1, 0.15) is 43.5 Å². The van der Waals surface area contributed by atoms with E-state index in [0.29, 0.717) is 74.9 Å². The number of hydrogen-bond acceptors (Lipinski definition) is 9. The van der Waals surface area contributed by atoms with Gasteiger partial charge in [-0.05, 0) is 67.8 Å². The number of aromatic nitrogens is 1. The van der Waals surface area contributed by atoms with Crippen molar-refractivity contribution in [2.45, 2.75) is 33.4 Å². The van der Waals surface area contributed by atoms with Gasteiger partial charge in [0.1, 0.15) is 6.61 Å². The normalized spacial score (nSPS) is 14.2. The summed E-state index contributed by atoms with van der Waals surface area (Å²) in [6, 6.07) is 17.8. The minimum atomic E-state index is -0.804. The average Bonchev–Trinajstić information content (AvgIpc) is 3.36. The molecule has 0 spiro atoms. The van der Waals surface area contributed by atoms with Crippen molar-refractivity contribution in [3.8, 4) is 23.0 Å². The number of methoxy groups -OCH3 is 1. The zero-order chi connectivity index (χ0) is 31.9. The van der Waals surface area contributed by atoms with Crippen molar-refractivity contribution < 1.29 is 28.5 Å². The molecule has 0 radical (unpaired) electrons. The van der Waals surface area contributed by atoms with Gasteiger partial charge in [-0.2, -0.15) is 0 Å². The van der Waals surface area contributed by atoms with Crippen LogP contribution in [0.4, 0.5) is 0 Å². The molecule has 1 aromatic heterocycles. The number of ether oxygens (including phenoxy) is 5. The Bertz CT molecular complexity index is 1900. The summed E-state index contributed by atoms with van der Waals surface area (Å²) in [6.07, 6.45) is 3.17. The lowest BCUT2D eigenvalue weighted by Crippen LogP contribution is -2.39. The van der Waals surface area contributed by atoms with Crippen LogP contribution in [-0.4, -0.2) is 37.5 Å². The third kappa shape index (κ3) is 6.92. The Morgan fingerprint density at radius 3 is 2.36 bits per heavy atom. The Hall–Kier alpha value is -4.54. The highest BCUT2D eigenvalue weighted by Gasteiger charge is 2.31. The van der Waals surface area contributed by atoms with E-state index in [1.165, 1.54) is 29.2 Å². The van der Waals surface area contributed by atoms with E-state index in [9.17, 15) is 9.59 Å². The summed E-state index contributed by atoms with van der Waals surface area (Å²) in [4.78, 5) is 31.8. The van der Waals surface area contributed by atoms with Gasteiger partial charge in [0.2, 0.25) is 0 Å².